The Bertz CT molecular complexity index is 744. The first-order chi connectivity index (χ1) is 9.78. The molecule has 0 spiro atoms. The Balaban J connectivity index is 1.86. The lowest BCUT2D eigenvalue weighted by molar-refractivity contribution is 0.396. The number of pyridine rings is 1. The van der Waals surface area contributed by atoms with E-state index in [1.54, 1.807) is 18.4 Å². The number of thiazole rings is 1. The molecule has 3 aromatic rings. The monoisotopic (exact) mass is 305 g/mol. The fourth-order valence-electron chi connectivity index (χ4n) is 1.92. The van der Waals surface area contributed by atoms with Gasteiger partial charge in [-0.05, 0) is 18.2 Å². The minimum absolute atomic E-state index is 0.563. The number of aromatic nitrogens is 2. The lowest BCUT2D eigenvalue weighted by Crippen LogP contribution is -2.03. The summed E-state index contributed by atoms with van der Waals surface area (Å²) >= 11 is 7.83. The summed E-state index contributed by atoms with van der Waals surface area (Å²) in [5, 5.41) is 3.96. The molecule has 0 saturated heterocycles. The van der Waals surface area contributed by atoms with Gasteiger partial charge in [-0.1, -0.05) is 17.7 Å². The van der Waals surface area contributed by atoms with E-state index in [1.807, 2.05) is 35.8 Å². The third-order valence-corrected chi connectivity index (χ3v) is 4.00. The third kappa shape index (κ3) is 2.55. The zero-order valence-electron chi connectivity index (χ0n) is 10.8. The van der Waals surface area contributed by atoms with Gasteiger partial charge in [-0.3, -0.25) is 0 Å². The molecule has 0 amide bonds. The maximum absolute atomic E-state index is 6.24. The van der Waals surface area contributed by atoms with Gasteiger partial charge in [0.1, 0.15) is 5.52 Å². The van der Waals surface area contributed by atoms with Crippen LogP contribution in [-0.4, -0.2) is 17.1 Å². The van der Waals surface area contributed by atoms with Gasteiger partial charge in [-0.15, -0.1) is 11.3 Å². The summed E-state index contributed by atoms with van der Waals surface area (Å²) in [5.41, 5.74) is 4.43. The van der Waals surface area contributed by atoms with Crippen molar-refractivity contribution in [2.75, 3.05) is 12.4 Å². The first-order valence-corrected chi connectivity index (χ1v) is 7.29. The lowest BCUT2D eigenvalue weighted by Gasteiger charge is -2.09. The van der Waals surface area contributed by atoms with Gasteiger partial charge in [0, 0.05) is 6.07 Å². The fraction of sp³-hybridized carbons (Fsp3) is 0.143. The van der Waals surface area contributed by atoms with Crippen molar-refractivity contribution in [3.05, 3.63) is 46.6 Å². The number of fused-ring (bicyclic) bond motifs is 1. The van der Waals surface area contributed by atoms with Gasteiger partial charge in [0.15, 0.2) is 0 Å². The highest BCUT2D eigenvalue weighted by Crippen LogP contribution is 2.32. The number of halogens is 1. The lowest BCUT2D eigenvalue weighted by atomic mass is 10.2. The molecule has 1 aromatic carbocycles. The quantitative estimate of drug-likeness (QED) is 0.792. The molecule has 0 aliphatic rings. The van der Waals surface area contributed by atoms with Crippen LogP contribution in [0, 0.1) is 0 Å². The third-order valence-electron chi connectivity index (χ3n) is 2.89. The molecule has 0 bridgehead atoms. The SMILES string of the molecule is COc1cccc(CNc2c(Cl)ccc3scnc23)n1. The Hall–Kier alpha value is -1.85. The number of benzene rings is 1. The molecular formula is C14H12ClN3OS. The van der Waals surface area contributed by atoms with Crippen molar-refractivity contribution in [2.45, 2.75) is 6.54 Å². The minimum Gasteiger partial charge on any atom is -0.481 e. The number of hydrogen-bond donors (Lipinski definition) is 1. The van der Waals surface area contributed by atoms with E-state index in [-0.39, 0.29) is 0 Å². The molecule has 3 rings (SSSR count). The zero-order chi connectivity index (χ0) is 13.9. The zero-order valence-corrected chi connectivity index (χ0v) is 12.3. The van der Waals surface area contributed by atoms with Crippen LogP contribution in [0.4, 0.5) is 5.69 Å². The molecule has 2 heterocycles. The number of hydrogen-bond acceptors (Lipinski definition) is 5. The average Bonchev–Trinajstić information content (AvgIpc) is 2.95. The van der Waals surface area contributed by atoms with Crippen LogP contribution in [-0.2, 0) is 6.54 Å². The maximum Gasteiger partial charge on any atom is 0.213 e. The Labute approximate surface area is 125 Å². The van der Waals surface area contributed by atoms with Crippen LogP contribution >= 0.6 is 22.9 Å². The predicted molar refractivity (Wildman–Crippen MR) is 82.7 cm³/mol. The summed E-state index contributed by atoms with van der Waals surface area (Å²) in [6.45, 7) is 0.563. The minimum atomic E-state index is 0.563. The second kappa shape index (κ2) is 5.64. The molecule has 0 fully saturated rings. The first-order valence-electron chi connectivity index (χ1n) is 6.03. The van der Waals surface area contributed by atoms with E-state index in [0.29, 0.717) is 17.4 Å². The van der Waals surface area contributed by atoms with Crippen molar-refractivity contribution in [1.29, 1.82) is 0 Å². The van der Waals surface area contributed by atoms with E-state index in [4.69, 9.17) is 16.3 Å². The molecule has 20 heavy (non-hydrogen) atoms. The van der Waals surface area contributed by atoms with Crippen molar-refractivity contribution in [3.8, 4) is 5.88 Å². The normalized spacial score (nSPS) is 10.7. The van der Waals surface area contributed by atoms with E-state index >= 15 is 0 Å². The van der Waals surface area contributed by atoms with Gasteiger partial charge in [-0.2, -0.15) is 0 Å². The van der Waals surface area contributed by atoms with Crippen molar-refractivity contribution in [1.82, 2.24) is 9.97 Å². The number of methoxy groups -OCH3 is 1. The summed E-state index contributed by atoms with van der Waals surface area (Å²) in [6, 6.07) is 9.52. The number of rotatable bonds is 4. The van der Waals surface area contributed by atoms with Crippen LogP contribution in [0.1, 0.15) is 5.69 Å². The topological polar surface area (TPSA) is 47.0 Å². The van der Waals surface area contributed by atoms with E-state index in [2.05, 4.69) is 15.3 Å². The summed E-state index contributed by atoms with van der Waals surface area (Å²) in [4.78, 5) is 8.71. The number of ether oxygens (including phenoxy) is 1. The molecule has 1 N–H and O–H groups in total. The molecule has 0 radical (unpaired) electrons. The summed E-state index contributed by atoms with van der Waals surface area (Å²) in [5.74, 6) is 0.599. The van der Waals surface area contributed by atoms with Gasteiger partial charge < -0.3 is 10.1 Å². The Morgan fingerprint density at radius 1 is 1.30 bits per heavy atom. The molecule has 0 unspecified atom stereocenters. The molecule has 2 aromatic heterocycles. The van der Waals surface area contributed by atoms with Crippen LogP contribution < -0.4 is 10.1 Å². The number of nitrogens with one attached hydrogen (secondary N) is 1. The standard InChI is InChI=1S/C14H12ClN3OS/c1-19-12-4-2-3-9(18-12)7-16-13-10(15)5-6-11-14(13)17-8-20-11/h2-6,8,16H,7H2,1H3. The van der Waals surface area contributed by atoms with Gasteiger partial charge in [0.2, 0.25) is 5.88 Å². The van der Waals surface area contributed by atoms with Crippen LogP contribution in [0.2, 0.25) is 5.02 Å². The first kappa shape index (κ1) is 13.1. The largest absolute Gasteiger partial charge is 0.481 e. The highest BCUT2D eigenvalue weighted by atomic mass is 35.5. The fourth-order valence-corrected chi connectivity index (χ4v) is 2.83. The van der Waals surface area contributed by atoms with Crippen LogP contribution in [0.3, 0.4) is 0 Å². The maximum atomic E-state index is 6.24. The van der Waals surface area contributed by atoms with Gasteiger partial charge in [0.25, 0.3) is 0 Å². The molecule has 0 aliphatic carbocycles. The number of nitrogens with zero attached hydrogens (tertiary/aromatic N) is 2. The van der Waals surface area contributed by atoms with Crippen LogP contribution in [0.15, 0.2) is 35.8 Å². The average molecular weight is 306 g/mol. The van der Waals surface area contributed by atoms with E-state index in [9.17, 15) is 0 Å². The molecule has 0 atom stereocenters. The van der Waals surface area contributed by atoms with Crippen LogP contribution in [0.5, 0.6) is 5.88 Å². The summed E-state index contributed by atoms with van der Waals surface area (Å²) < 4.78 is 6.22. The summed E-state index contributed by atoms with van der Waals surface area (Å²) in [6.07, 6.45) is 0. The second-order valence-corrected chi connectivity index (χ2v) is 5.44. The highest BCUT2D eigenvalue weighted by Gasteiger charge is 2.08. The van der Waals surface area contributed by atoms with Crippen molar-refractivity contribution < 1.29 is 4.74 Å². The smallest absolute Gasteiger partial charge is 0.213 e. The Morgan fingerprint density at radius 3 is 3.05 bits per heavy atom. The molecule has 4 nitrogen and oxygen atoms in total. The van der Waals surface area contributed by atoms with Crippen molar-refractivity contribution >= 4 is 38.8 Å². The Kier molecular flexibility index (Phi) is 3.71. The van der Waals surface area contributed by atoms with E-state index in [1.165, 1.54) is 0 Å². The van der Waals surface area contributed by atoms with Crippen LogP contribution in [0.25, 0.3) is 10.2 Å². The van der Waals surface area contributed by atoms with Crippen molar-refractivity contribution in [2.24, 2.45) is 0 Å². The van der Waals surface area contributed by atoms with Crippen molar-refractivity contribution in [3.63, 3.8) is 0 Å². The summed E-state index contributed by atoms with van der Waals surface area (Å²) in [7, 11) is 1.60. The van der Waals surface area contributed by atoms with E-state index < -0.39 is 0 Å². The molecule has 0 saturated carbocycles. The number of anilines is 1. The molecule has 6 heteroatoms. The highest BCUT2D eigenvalue weighted by molar-refractivity contribution is 7.16. The predicted octanol–water partition coefficient (Wildman–Crippen LogP) is 3.97. The molecule has 0 aliphatic heterocycles. The van der Waals surface area contributed by atoms with Gasteiger partial charge >= 0.3 is 0 Å². The molecular weight excluding hydrogens is 294 g/mol. The van der Waals surface area contributed by atoms with Gasteiger partial charge in [-0.25, -0.2) is 9.97 Å². The van der Waals surface area contributed by atoms with E-state index in [0.717, 1.165) is 21.6 Å². The Morgan fingerprint density at radius 2 is 2.20 bits per heavy atom. The molecule has 102 valence electrons. The second-order valence-electron chi connectivity index (χ2n) is 4.15. The van der Waals surface area contributed by atoms with Gasteiger partial charge in [0.05, 0.1) is 40.3 Å².